The van der Waals surface area contributed by atoms with Crippen molar-refractivity contribution >= 4 is 45.5 Å². The Kier molecular flexibility index (Phi) is 117. The van der Waals surface area contributed by atoms with Crippen LogP contribution in [-0.2, 0) is 42.2 Å². The molecule has 0 aliphatic carbocycles. The Bertz CT molecular complexity index is 17.7. The molecule has 0 aromatic carbocycles. The summed E-state index contributed by atoms with van der Waals surface area (Å²) in [5, 5.41) is 0. The van der Waals surface area contributed by atoms with Crippen LogP contribution < -0.4 is 0 Å². The predicted molar refractivity (Wildman–Crippen MR) is 8.66 cm³/mol. The minimum absolute atomic E-state index is 0. The molecule has 2 radical (unpaired) electrons. The van der Waals surface area contributed by atoms with E-state index >= 15 is 0 Å². The maximum Gasteiger partial charge on any atom is 2.00 e. The van der Waals surface area contributed by atoms with Crippen molar-refractivity contribution in [3.8, 4) is 0 Å². The average molecular weight is 407 g/mol. The van der Waals surface area contributed by atoms with Crippen molar-refractivity contribution < 1.29 is 80.6 Å². The molecule has 0 spiro atoms. The van der Waals surface area contributed by atoms with Gasteiger partial charge in [0.05, 0.1) is 0 Å². The zero-order valence-electron chi connectivity index (χ0n) is 4.37. The molecule has 0 atom stereocenters. The maximum atomic E-state index is 8.06. The maximum absolute atomic E-state index is 8.06. The van der Waals surface area contributed by atoms with Crippen molar-refractivity contribution in [1.82, 2.24) is 0 Å². The van der Waals surface area contributed by atoms with E-state index in [0.717, 1.165) is 0 Å². The molecule has 0 heterocycles. The topological polar surface area (TPSA) is 17.1 Å². The van der Waals surface area contributed by atoms with Crippen LogP contribution >= 0.6 is 0 Å². The minimum Gasteiger partial charge on any atom is 2.00 e. The van der Waals surface area contributed by atoms with Gasteiger partial charge < -0.3 is 2.85 Å². The fraction of sp³-hybridized carbons (Fsp3) is 0. The molecule has 0 bridgehead atoms. The van der Waals surface area contributed by atoms with Crippen LogP contribution in [0.2, 0.25) is 0 Å². The molecule has 0 amide bonds. The summed E-state index contributed by atoms with van der Waals surface area (Å²) in [5.41, 5.74) is 0. The third-order valence-corrected chi connectivity index (χ3v) is 0. The Balaban J connectivity index is -0.000000000500. The van der Waals surface area contributed by atoms with Gasteiger partial charge in [0.25, 0.3) is 0 Å². The van der Waals surface area contributed by atoms with Gasteiger partial charge in [-0.15, -0.1) is 0 Å². The van der Waals surface area contributed by atoms with Crippen molar-refractivity contribution in [2.75, 3.05) is 0 Å². The van der Waals surface area contributed by atoms with Crippen LogP contribution in [0.1, 0.15) is 2.85 Å². The van der Waals surface area contributed by atoms with Gasteiger partial charge in [-0.1, -0.05) is 0 Å². The Morgan fingerprint density at radius 1 is 1.40 bits per heavy atom. The molecule has 0 aromatic heterocycles. The molecule has 0 aromatic rings. The van der Waals surface area contributed by atoms with Crippen LogP contribution in [0.25, 0.3) is 0 Å². The summed E-state index contributed by atoms with van der Waals surface area (Å²) in [4.78, 5) is 0. The van der Waals surface area contributed by atoms with Crippen LogP contribution in [0.3, 0.4) is 0 Å². The molecular weight excluding hydrogens is 405 g/mol. The second kappa shape index (κ2) is 25.2. The minimum atomic E-state index is 0. The van der Waals surface area contributed by atoms with Crippen LogP contribution in [0, 0.1) is 35.6 Å². The van der Waals surface area contributed by atoms with Crippen LogP contribution in [-0.4, -0.2) is 45.5 Å². The zero-order valence-corrected chi connectivity index (χ0v) is 12.1. The van der Waals surface area contributed by atoms with Crippen molar-refractivity contribution in [2.45, 2.75) is 0 Å². The summed E-state index contributed by atoms with van der Waals surface area (Å²) < 4.78 is 8.06. The molecule has 0 rings (SSSR count). The van der Waals surface area contributed by atoms with Crippen LogP contribution in [0.4, 0.5) is 0 Å². The monoisotopic (exact) mass is 407 g/mol. The normalized spacial score (nSPS) is 0.800. The smallest absolute Gasteiger partial charge is 2.00 e. The summed E-state index contributed by atoms with van der Waals surface area (Å²) in [6.07, 6.45) is 0. The molecule has 0 aliphatic heterocycles. The van der Waals surface area contributed by atoms with E-state index in [2.05, 4.69) is 0 Å². The SMILES string of the molecule is [Ag].[H-].[H-].[La].[O]=[Mn].[Sr+2]. The van der Waals surface area contributed by atoms with Gasteiger partial charge in [-0.2, -0.15) is 0 Å². The van der Waals surface area contributed by atoms with E-state index in [9.17, 15) is 0 Å². The molecule has 31 valence electrons. The molecule has 0 aliphatic rings. The first-order chi connectivity index (χ1) is 1.00. The largest absolute Gasteiger partial charge is 2.00 e. The van der Waals surface area contributed by atoms with E-state index in [1.165, 1.54) is 0 Å². The van der Waals surface area contributed by atoms with Crippen molar-refractivity contribution in [3.63, 3.8) is 0 Å². The summed E-state index contributed by atoms with van der Waals surface area (Å²) in [6.45, 7) is 0. The first-order valence-corrected chi connectivity index (χ1v) is 0.636. The van der Waals surface area contributed by atoms with Crippen LogP contribution in [0.15, 0.2) is 0 Å². The molecule has 0 saturated heterocycles. The standard InChI is InChI=1S/Ag.La.Mn.O.Sr.2H/q;;;;+2;2*-1. The Labute approximate surface area is 123 Å². The fourth-order valence-electron chi connectivity index (χ4n) is 0. The molecule has 1 nitrogen and oxygen atoms in total. The predicted octanol–water partition coefficient (Wildman–Crippen LogP) is -0.280. The molecule has 5 heteroatoms. The Morgan fingerprint density at radius 3 is 1.40 bits per heavy atom. The van der Waals surface area contributed by atoms with E-state index < -0.39 is 0 Å². The van der Waals surface area contributed by atoms with E-state index in [1.54, 1.807) is 15.9 Å². The van der Waals surface area contributed by atoms with E-state index in [0.29, 0.717) is 0 Å². The van der Waals surface area contributed by atoms with Gasteiger partial charge in [-0.3, -0.25) is 0 Å². The molecule has 5 heavy (non-hydrogen) atoms. The van der Waals surface area contributed by atoms with Crippen molar-refractivity contribution in [2.24, 2.45) is 0 Å². The second-order valence-corrected chi connectivity index (χ2v) is 0. The summed E-state index contributed by atoms with van der Waals surface area (Å²) >= 11 is 1.69. The Morgan fingerprint density at radius 2 is 1.40 bits per heavy atom. The first-order valence-electron chi connectivity index (χ1n) is 0.154. The van der Waals surface area contributed by atoms with E-state index in [-0.39, 0.29) is 106 Å². The van der Waals surface area contributed by atoms with Crippen LogP contribution in [0.5, 0.6) is 0 Å². The van der Waals surface area contributed by atoms with Gasteiger partial charge in [0, 0.05) is 58.0 Å². The Hall–Kier alpha value is 3.74. The molecule has 0 unspecified atom stereocenters. The fourth-order valence-corrected chi connectivity index (χ4v) is 0. The molecular formula is H2AgLaMnOSr. The third kappa shape index (κ3) is 18.2. The summed E-state index contributed by atoms with van der Waals surface area (Å²) in [7, 11) is 0. The molecule has 0 fully saturated rings. The molecule has 0 N–H and O–H groups in total. The quantitative estimate of drug-likeness (QED) is 0.505. The van der Waals surface area contributed by atoms with Crippen molar-refractivity contribution in [1.29, 1.82) is 0 Å². The van der Waals surface area contributed by atoms with E-state index in [1.807, 2.05) is 0 Å². The third-order valence-electron chi connectivity index (χ3n) is 0. The van der Waals surface area contributed by atoms with Gasteiger partial charge in [-0.25, -0.2) is 0 Å². The van der Waals surface area contributed by atoms with Gasteiger partial charge in [0.2, 0.25) is 0 Å². The van der Waals surface area contributed by atoms with Gasteiger partial charge >= 0.3 is 65.3 Å². The second-order valence-electron chi connectivity index (χ2n) is 0. The zero-order chi connectivity index (χ0) is 2.00. The number of hydrogen-bond acceptors (Lipinski definition) is 1. The van der Waals surface area contributed by atoms with Gasteiger partial charge in [0.1, 0.15) is 0 Å². The number of hydrogen-bond donors (Lipinski definition) is 0. The number of rotatable bonds is 0. The van der Waals surface area contributed by atoms with E-state index in [4.69, 9.17) is 3.83 Å². The summed E-state index contributed by atoms with van der Waals surface area (Å²) in [5.74, 6) is 0. The van der Waals surface area contributed by atoms with Gasteiger partial charge in [0.15, 0.2) is 0 Å². The van der Waals surface area contributed by atoms with Gasteiger partial charge in [-0.05, 0) is 0 Å². The van der Waals surface area contributed by atoms with Crippen molar-refractivity contribution in [3.05, 3.63) is 0 Å². The average Bonchev–Trinajstić information content (AvgIpc) is 1.00. The first kappa shape index (κ1) is 23.3. The summed E-state index contributed by atoms with van der Waals surface area (Å²) in [6, 6.07) is 0. The molecule has 0 saturated carbocycles.